The summed E-state index contributed by atoms with van der Waals surface area (Å²) in [6.07, 6.45) is 1.66. The van der Waals surface area contributed by atoms with Crippen LogP contribution in [0, 0.1) is 0 Å². The summed E-state index contributed by atoms with van der Waals surface area (Å²) in [4.78, 5) is 0. The van der Waals surface area contributed by atoms with Crippen LogP contribution in [0.4, 0.5) is 5.88 Å². The molecule has 0 saturated carbocycles. The summed E-state index contributed by atoms with van der Waals surface area (Å²) in [6, 6.07) is 9.58. The van der Waals surface area contributed by atoms with Gasteiger partial charge >= 0.3 is 0 Å². The third-order valence-electron chi connectivity index (χ3n) is 2.62. The molecule has 0 radical (unpaired) electrons. The molecule has 3 aromatic rings. The Kier molecular flexibility index (Phi) is 2.64. The first kappa shape index (κ1) is 11.0. The first-order chi connectivity index (χ1) is 8.77. The number of nitrogens with zero attached hydrogens (tertiary/aromatic N) is 2. The Balaban J connectivity index is 2.24. The van der Waals surface area contributed by atoms with Crippen LogP contribution in [0.5, 0.6) is 0 Å². The number of nitrogens with one attached hydrogen (secondary N) is 1. The van der Waals surface area contributed by atoms with Crippen molar-refractivity contribution in [3.8, 4) is 22.5 Å². The maximum absolute atomic E-state index is 5.86. The molecule has 6 heteroatoms. The van der Waals surface area contributed by atoms with E-state index in [0.717, 1.165) is 21.3 Å². The highest BCUT2D eigenvalue weighted by molar-refractivity contribution is 9.10. The molecule has 0 aliphatic heterocycles. The lowest BCUT2D eigenvalue weighted by Gasteiger charge is -2.03. The Bertz CT molecular complexity index is 675. The van der Waals surface area contributed by atoms with Crippen molar-refractivity contribution in [3.63, 3.8) is 0 Å². The molecule has 0 amide bonds. The summed E-state index contributed by atoms with van der Waals surface area (Å²) in [5.74, 6) is 0.284. The van der Waals surface area contributed by atoms with Crippen LogP contribution in [0.1, 0.15) is 0 Å². The van der Waals surface area contributed by atoms with E-state index in [1.54, 1.807) is 6.20 Å². The molecular weight excluding hydrogens is 296 g/mol. The van der Waals surface area contributed by atoms with Crippen LogP contribution >= 0.6 is 15.9 Å². The fourth-order valence-corrected chi connectivity index (χ4v) is 2.28. The number of nitrogen functional groups attached to an aromatic ring is 1. The average Bonchev–Trinajstić information content (AvgIpc) is 2.99. The first-order valence-corrected chi connectivity index (χ1v) is 6.06. The second-order valence-electron chi connectivity index (χ2n) is 3.72. The SMILES string of the molecule is Nc1onc(-c2ccn[nH]2)c1-c1ccccc1Br. The van der Waals surface area contributed by atoms with E-state index in [1.807, 2.05) is 30.3 Å². The van der Waals surface area contributed by atoms with Crippen molar-refractivity contribution in [3.05, 3.63) is 41.0 Å². The highest BCUT2D eigenvalue weighted by Gasteiger charge is 2.19. The van der Waals surface area contributed by atoms with E-state index in [4.69, 9.17) is 10.3 Å². The van der Waals surface area contributed by atoms with Gasteiger partial charge in [-0.1, -0.05) is 39.3 Å². The Morgan fingerprint density at radius 1 is 1.22 bits per heavy atom. The summed E-state index contributed by atoms with van der Waals surface area (Å²) in [7, 11) is 0. The molecule has 0 unspecified atom stereocenters. The van der Waals surface area contributed by atoms with E-state index in [1.165, 1.54) is 0 Å². The molecule has 2 aromatic heterocycles. The van der Waals surface area contributed by atoms with Crippen LogP contribution in [-0.2, 0) is 0 Å². The van der Waals surface area contributed by atoms with Crippen molar-refractivity contribution in [1.82, 2.24) is 15.4 Å². The van der Waals surface area contributed by atoms with Crippen molar-refractivity contribution >= 4 is 21.8 Å². The Morgan fingerprint density at radius 2 is 2.06 bits per heavy atom. The molecule has 5 nitrogen and oxygen atoms in total. The van der Waals surface area contributed by atoms with Gasteiger partial charge in [0.1, 0.15) is 5.69 Å². The average molecular weight is 305 g/mol. The third kappa shape index (κ3) is 1.70. The van der Waals surface area contributed by atoms with Crippen molar-refractivity contribution in [2.24, 2.45) is 0 Å². The summed E-state index contributed by atoms with van der Waals surface area (Å²) >= 11 is 3.50. The highest BCUT2D eigenvalue weighted by Crippen LogP contribution is 2.38. The molecule has 3 N–H and O–H groups in total. The smallest absolute Gasteiger partial charge is 0.230 e. The predicted octanol–water partition coefficient (Wildman–Crippen LogP) is 3.08. The van der Waals surface area contributed by atoms with Gasteiger partial charge in [-0.15, -0.1) is 0 Å². The second kappa shape index (κ2) is 4.30. The summed E-state index contributed by atoms with van der Waals surface area (Å²) < 4.78 is 6.02. The van der Waals surface area contributed by atoms with Gasteiger partial charge in [0.25, 0.3) is 0 Å². The van der Waals surface area contributed by atoms with Gasteiger partial charge in [-0.25, -0.2) is 0 Å². The van der Waals surface area contributed by atoms with Gasteiger partial charge in [-0.05, 0) is 12.1 Å². The zero-order valence-corrected chi connectivity index (χ0v) is 10.8. The molecule has 0 saturated heterocycles. The molecule has 0 spiro atoms. The molecule has 18 heavy (non-hydrogen) atoms. The molecule has 3 rings (SSSR count). The Morgan fingerprint density at radius 3 is 2.78 bits per heavy atom. The number of rotatable bonds is 2. The Hall–Kier alpha value is -2.08. The zero-order valence-electron chi connectivity index (χ0n) is 9.22. The van der Waals surface area contributed by atoms with Crippen LogP contribution in [0.2, 0.25) is 0 Å². The minimum atomic E-state index is 0.284. The van der Waals surface area contributed by atoms with Crippen LogP contribution < -0.4 is 5.73 Å². The maximum Gasteiger partial charge on any atom is 0.230 e. The van der Waals surface area contributed by atoms with E-state index in [2.05, 4.69) is 31.3 Å². The van der Waals surface area contributed by atoms with E-state index < -0.39 is 0 Å². The number of hydrogen-bond donors (Lipinski definition) is 2. The normalized spacial score (nSPS) is 10.7. The summed E-state index contributed by atoms with van der Waals surface area (Å²) in [5, 5.41) is 10.7. The number of halogens is 1. The van der Waals surface area contributed by atoms with E-state index in [9.17, 15) is 0 Å². The highest BCUT2D eigenvalue weighted by atomic mass is 79.9. The molecule has 0 aliphatic carbocycles. The molecule has 0 atom stereocenters. The molecule has 1 aromatic carbocycles. The van der Waals surface area contributed by atoms with E-state index >= 15 is 0 Å². The van der Waals surface area contributed by atoms with Crippen LogP contribution in [0.25, 0.3) is 22.5 Å². The van der Waals surface area contributed by atoms with Gasteiger partial charge in [0.2, 0.25) is 5.88 Å². The van der Waals surface area contributed by atoms with Crippen molar-refractivity contribution < 1.29 is 4.52 Å². The monoisotopic (exact) mass is 304 g/mol. The topological polar surface area (TPSA) is 80.7 Å². The van der Waals surface area contributed by atoms with Gasteiger partial charge in [0.05, 0.1) is 11.3 Å². The third-order valence-corrected chi connectivity index (χ3v) is 3.31. The quantitative estimate of drug-likeness (QED) is 0.762. The van der Waals surface area contributed by atoms with Gasteiger partial charge in [0.15, 0.2) is 0 Å². The van der Waals surface area contributed by atoms with Crippen molar-refractivity contribution in [2.45, 2.75) is 0 Å². The number of nitrogens with two attached hydrogens (primary N) is 1. The van der Waals surface area contributed by atoms with E-state index in [0.29, 0.717) is 5.69 Å². The molecule has 90 valence electrons. The fraction of sp³-hybridized carbons (Fsp3) is 0. The van der Waals surface area contributed by atoms with Crippen LogP contribution in [0.15, 0.2) is 45.5 Å². The van der Waals surface area contributed by atoms with Gasteiger partial charge in [0, 0.05) is 16.2 Å². The number of aromatic amines is 1. The van der Waals surface area contributed by atoms with Crippen LogP contribution in [-0.4, -0.2) is 15.4 Å². The van der Waals surface area contributed by atoms with Crippen molar-refractivity contribution in [2.75, 3.05) is 5.73 Å². The fourth-order valence-electron chi connectivity index (χ4n) is 1.80. The lowest BCUT2D eigenvalue weighted by atomic mass is 10.0. The van der Waals surface area contributed by atoms with Crippen molar-refractivity contribution in [1.29, 1.82) is 0 Å². The number of anilines is 1. The maximum atomic E-state index is 5.86. The summed E-state index contributed by atoms with van der Waals surface area (Å²) in [6.45, 7) is 0. The van der Waals surface area contributed by atoms with Gasteiger partial charge < -0.3 is 10.3 Å². The molecule has 0 bridgehead atoms. The van der Waals surface area contributed by atoms with Crippen LogP contribution in [0.3, 0.4) is 0 Å². The van der Waals surface area contributed by atoms with Gasteiger partial charge in [-0.2, -0.15) is 5.10 Å². The standard InChI is InChI=1S/C12H9BrN4O/c13-8-4-2-1-3-7(8)10-11(17-18-12(10)14)9-5-6-15-16-9/h1-6H,14H2,(H,15,16). The number of H-pyrrole nitrogens is 1. The first-order valence-electron chi connectivity index (χ1n) is 5.27. The minimum Gasteiger partial charge on any atom is -0.367 e. The zero-order chi connectivity index (χ0) is 12.5. The molecule has 2 heterocycles. The molecule has 0 aliphatic rings. The summed E-state index contributed by atoms with van der Waals surface area (Å²) in [5.41, 5.74) is 8.97. The molecular formula is C12H9BrN4O. The Labute approximate surface area is 111 Å². The van der Waals surface area contributed by atoms with Gasteiger partial charge in [-0.3, -0.25) is 5.10 Å². The molecule has 0 fully saturated rings. The lowest BCUT2D eigenvalue weighted by Crippen LogP contribution is -1.89. The van der Waals surface area contributed by atoms with E-state index in [-0.39, 0.29) is 5.88 Å². The number of aromatic nitrogens is 3. The predicted molar refractivity (Wildman–Crippen MR) is 71.6 cm³/mol. The lowest BCUT2D eigenvalue weighted by molar-refractivity contribution is 0.439. The number of benzene rings is 1. The minimum absolute atomic E-state index is 0.284. The number of hydrogen-bond acceptors (Lipinski definition) is 4. The largest absolute Gasteiger partial charge is 0.367 e. The second-order valence-corrected chi connectivity index (χ2v) is 4.57.